The van der Waals surface area contributed by atoms with Gasteiger partial charge in [-0.15, -0.1) is 0 Å². The Morgan fingerprint density at radius 2 is 1.73 bits per heavy atom. The van der Waals surface area contributed by atoms with Crippen LogP contribution in [0.2, 0.25) is 0 Å². The van der Waals surface area contributed by atoms with Gasteiger partial charge in [-0.2, -0.15) is 0 Å². The van der Waals surface area contributed by atoms with E-state index in [0.717, 1.165) is 11.1 Å². The summed E-state index contributed by atoms with van der Waals surface area (Å²) in [7, 11) is 0. The Hall–Kier alpha value is -3.34. The molecule has 0 fully saturated rings. The Morgan fingerprint density at radius 3 is 2.40 bits per heavy atom. The van der Waals surface area contributed by atoms with Gasteiger partial charge in [0.25, 0.3) is 0 Å². The fraction of sp³-hybridized carbons (Fsp3) is 0.240. The van der Waals surface area contributed by atoms with Crippen LogP contribution < -0.4 is 5.32 Å². The quantitative estimate of drug-likeness (QED) is 0.499. The molecule has 5 heteroatoms. The summed E-state index contributed by atoms with van der Waals surface area (Å²) < 4.78 is 13.0. The Labute approximate surface area is 176 Å². The summed E-state index contributed by atoms with van der Waals surface area (Å²) in [4.78, 5) is 17.5. The Bertz CT molecular complexity index is 919. The number of aryl methyl sites for hydroxylation is 1. The van der Waals surface area contributed by atoms with Crippen LogP contribution in [0.4, 0.5) is 4.39 Å². The van der Waals surface area contributed by atoms with Crippen LogP contribution in [0, 0.1) is 11.2 Å². The van der Waals surface area contributed by atoms with E-state index in [4.69, 9.17) is 5.41 Å². The predicted octanol–water partition coefficient (Wildman–Crippen LogP) is 4.90. The standard InChI is InChI=1S/C25H26FN3O/c1-18(17-22(27)15-12-19-10-13-21(26)14-11-19)29-25(30)24(20-7-3-2-4-8-20)23-9-5-6-16-28-23/h2-11,13-14,16,18,24,27H,12,15,17H2,1H3,(H,29,30)/t18?,24-/m0/s1. The lowest BCUT2D eigenvalue weighted by Gasteiger charge is -2.21. The highest BCUT2D eigenvalue weighted by Gasteiger charge is 2.25. The van der Waals surface area contributed by atoms with Crippen LogP contribution >= 0.6 is 0 Å². The third-order valence-electron chi connectivity index (χ3n) is 4.95. The van der Waals surface area contributed by atoms with Gasteiger partial charge in [-0.25, -0.2) is 4.39 Å². The predicted molar refractivity (Wildman–Crippen MR) is 117 cm³/mol. The van der Waals surface area contributed by atoms with Crippen molar-refractivity contribution >= 4 is 11.6 Å². The SMILES string of the molecule is CC(CC(=N)CCc1ccc(F)cc1)NC(=O)[C@@H](c1ccccc1)c1ccccn1. The van der Waals surface area contributed by atoms with Gasteiger partial charge in [-0.05, 0) is 55.2 Å². The van der Waals surface area contributed by atoms with E-state index < -0.39 is 5.92 Å². The van der Waals surface area contributed by atoms with Crippen molar-refractivity contribution in [1.29, 1.82) is 5.41 Å². The fourth-order valence-corrected chi connectivity index (χ4v) is 3.44. The minimum atomic E-state index is -0.497. The number of nitrogens with one attached hydrogen (secondary N) is 2. The molecule has 1 heterocycles. The normalized spacial score (nSPS) is 12.7. The molecule has 0 saturated carbocycles. The molecule has 2 aromatic carbocycles. The number of carbonyl (C=O) groups is 1. The van der Waals surface area contributed by atoms with Gasteiger partial charge < -0.3 is 10.7 Å². The number of nitrogens with zero attached hydrogens (tertiary/aromatic N) is 1. The van der Waals surface area contributed by atoms with Crippen molar-refractivity contribution in [2.45, 2.75) is 38.1 Å². The molecule has 0 aliphatic rings. The molecule has 0 aliphatic carbocycles. The Balaban J connectivity index is 1.59. The lowest BCUT2D eigenvalue weighted by Crippen LogP contribution is -2.38. The van der Waals surface area contributed by atoms with E-state index in [1.54, 1.807) is 18.3 Å². The zero-order valence-corrected chi connectivity index (χ0v) is 17.0. The first-order chi connectivity index (χ1) is 14.5. The lowest BCUT2D eigenvalue weighted by molar-refractivity contribution is -0.122. The van der Waals surface area contributed by atoms with Gasteiger partial charge in [0.05, 0.1) is 5.69 Å². The number of benzene rings is 2. The van der Waals surface area contributed by atoms with E-state index in [1.807, 2.05) is 55.5 Å². The molecule has 3 aromatic rings. The van der Waals surface area contributed by atoms with Crippen molar-refractivity contribution in [3.8, 4) is 0 Å². The molecule has 30 heavy (non-hydrogen) atoms. The second-order valence-corrected chi connectivity index (χ2v) is 7.44. The number of aromatic nitrogens is 1. The molecule has 1 aromatic heterocycles. The highest BCUT2D eigenvalue weighted by Crippen LogP contribution is 2.23. The number of hydrogen-bond acceptors (Lipinski definition) is 3. The van der Waals surface area contributed by atoms with Gasteiger partial charge in [0.2, 0.25) is 5.91 Å². The maximum atomic E-state index is 13.1. The number of rotatable bonds is 9. The van der Waals surface area contributed by atoms with Crippen molar-refractivity contribution in [1.82, 2.24) is 10.3 Å². The summed E-state index contributed by atoms with van der Waals surface area (Å²) in [5.41, 5.74) is 3.13. The average molecular weight is 404 g/mol. The highest BCUT2D eigenvalue weighted by atomic mass is 19.1. The molecule has 154 valence electrons. The largest absolute Gasteiger partial charge is 0.352 e. The number of amides is 1. The van der Waals surface area contributed by atoms with E-state index >= 15 is 0 Å². The number of pyridine rings is 1. The number of halogens is 1. The fourth-order valence-electron chi connectivity index (χ4n) is 3.44. The molecule has 2 N–H and O–H groups in total. The van der Waals surface area contributed by atoms with Gasteiger partial charge in [0.15, 0.2) is 0 Å². The molecular formula is C25H26FN3O. The maximum Gasteiger partial charge on any atom is 0.233 e. The van der Waals surface area contributed by atoms with Crippen molar-refractivity contribution in [3.63, 3.8) is 0 Å². The van der Waals surface area contributed by atoms with Gasteiger partial charge in [0, 0.05) is 24.4 Å². The molecule has 0 spiro atoms. The number of hydrogen-bond donors (Lipinski definition) is 2. The first-order valence-corrected chi connectivity index (χ1v) is 10.1. The zero-order chi connectivity index (χ0) is 21.3. The third kappa shape index (κ3) is 6.08. The van der Waals surface area contributed by atoms with Crippen molar-refractivity contribution in [2.75, 3.05) is 0 Å². The summed E-state index contributed by atoms with van der Waals surface area (Å²) in [6, 6.07) is 21.3. The van der Waals surface area contributed by atoms with E-state index in [0.29, 0.717) is 30.7 Å². The average Bonchev–Trinajstić information content (AvgIpc) is 2.75. The van der Waals surface area contributed by atoms with Gasteiger partial charge >= 0.3 is 0 Å². The first kappa shape index (κ1) is 21.4. The molecule has 0 aliphatic heterocycles. The molecule has 0 saturated heterocycles. The highest BCUT2D eigenvalue weighted by molar-refractivity contribution is 5.88. The third-order valence-corrected chi connectivity index (χ3v) is 4.95. The van der Waals surface area contributed by atoms with Crippen molar-refractivity contribution < 1.29 is 9.18 Å². The van der Waals surface area contributed by atoms with E-state index in [2.05, 4.69) is 10.3 Å². The monoisotopic (exact) mass is 403 g/mol. The second-order valence-electron chi connectivity index (χ2n) is 7.44. The van der Waals surface area contributed by atoms with Gasteiger partial charge in [-0.3, -0.25) is 9.78 Å². The van der Waals surface area contributed by atoms with Gasteiger partial charge in [-0.1, -0.05) is 48.5 Å². The molecular weight excluding hydrogens is 377 g/mol. The summed E-state index contributed by atoms with van der Waals surface area (Å²) in [6.45, 7) is 1.91. The summed E-state index contributed by atoms with van der Waals surface area (Å²) in [5, 5.41) is 11.3. The Kier molecular flexibility index (Phi) is 7.44. The maximum absolute atomic E-state index is 13.1. The Morgan fingerprint density at radius 1 is 1.03 bits per heavy atom. The molecule has 3 rings (SSSR count). The number of carbonyl (C=O) groups excluding carboxylic acids is 1. The second kappa shape index (κ2) is 10.4. The van der Waals surface area contributed by atoms with Crippen molar-refractivity contribution in [3.05, 3.63) is 102 Å². The van der Waals surface area contributed by atoms with Crippen LogP contribution in [0.25, 0.3) is 0 Å². The zero-order valence-electron chi connectivity index (χ0n) is 17.0. The van der Waals surface area contributed by atoms with E-state index in [9.17, 15) is 9.18 Å². The minimum absolute atomic E-state index is 0.126. The van der Waals surface area contributed by atoms with Gasteiger partial charge in [0.1, 0.15) is 11.7 Å². The smallest absolute Gasteiger partial charge is 0.233 e. The summed E-state index contributed by atoms with van der Waals surface area (Å²) >= 11 is 0. The lowest BCUT2D eigenvalue weighted by atomic mass is 9.93. The van der Waals surface area contributed by atoms with Crippen LogP contribution in [-0.4, -0.2) is 22.6 Å². The van der Waals surface area contributed by atoms with Crippen LogP contribution in [0.15, 0.2) is 79.0 Å². The van der Waals surface area contributed by atoms with Crippen LogP contribution in [0.5, 0.6) is 0 Å². The molecule has 2 atom stereocenters. The molecule has 4 nitrogen and oxygen atoms in total. The first-order valence-electron chi connectivity index (χ1n) is 10.1. The van der Waals surface area contributed by atoms with E-state index in [-0.39, 0.29) is 17.8 Å². The topological polar surface area (TPSA) is 65.8 Å². The van der Waals surface area contributed by atoms with Crippen molar-refractivity contribution in [2.24, 2.45) is 0 Å². The minimum Gasteiger partial charge on any atom is -0.352 e. The van der Waals surface area contributed by atoms with E-state index in [1.165, 1.54) is 12.1 Å². The molecule has 1 amide bonds. The molecule has 0 bridgehead atoms. The van der Waals surface area contributed by atoms with Crippen LogP contribution in [0.1, 0.15) is 42.5 Å². The molecule has 1 unspecified atom stereocenters. The van der Waals surface area contributed by atoms with Crippen LogP contribution in [0.3, 0.4) is 0 Å². The summed E-state index contributed by atoms with van der Waals surface area (Å²) in [5.74, 6) is -0.881. The molecule has 0 radical (unpaired) electrons. The van der Waals surface area contributed by atoms with Crippen LogP contribution in [-0.2, 0) is 11.2 Å². The summed E-state index contributed by atoms with van der Waals surface area (Å²) in [6.07, 6.45) is 3.42.